The van der Waals surface area contributed by atoms with Crippen molar-refractivity contribution in [2.45, 2.75) is 22.6 Å². The number of rotatable bonds is 5. The fourth-order valence-electron chi connectivity index (χ4n) is 2.60. The van der Waals surface area contributed by atoms with Crippen molar-refractivity contribution in [3.63, 3.8) is 0 Å². The Kier molecular flexibility index (Phi) is 4.82. The minimum Gasteiger partial charge on any atom is -0.312 e. The summed E-state index contributed by atoms with van der Waals surface area (Å²) in [4.78, 5) is 14.7. The maximum Gasteiger partial charge on any atom is 0.261 e. The standard InChI is InChI=1S/C17H18N2O3S2/c1-23-15-8-4-13(5-9-15)18-24(21,22)16-10-6-14(7-11-16)19-12-2-3-17(19)20/h4-11,18H,2-3,12H2,1H3. The van der Waals surface area contributed by atoms with Crippen LogP contribution >= 0.6 is 11.8 Å². The zero-order chi connectivity index (χ0) is 17.2. The van der Waals surface area contributed by atoms with Crippen LogP contribution in [0.4, 0.5) is 11.4 Å². The van der Waals surface area contributed by atoms with Gasteiger partial charge in [0.2, 0.25) is 5.91 Å². The van der Waals surface area contributed by atoms with Crippen LogP contribution in [0.3, 0.4) is 0 Å². The van der Waals surface area contributed by atoms with Gasteiger partial charge in [0.25, 0.3) is 10.0 Å². The van der Waals surface area contributed by atoms with Gasteiger partial charge in [0.1, 0.15) is 0 Å². The van der Waals surface area contributed by atoms with Crippen LogP contribution in [-0.2, 0) is 14.8 Å². The highest BCUT2D eigenvalue weighted by molar-refractivity contribution is 7.98. The molecular weight excluding hydrogens is 344 g/mol. The van der Waals surface area contributed by atoms with Crippen LogP contribution in [0.2, 0.25) is 0 Å². The summed E-state index contributed by atoms with van der Waals surface area (Å²) in [6.07, 6.45) is 3.35. The second-order valence-electron chi connectivity index (χ2n) is 5.48. The van der Waals surface area contributed by atoms with Crippen LogP contribution in [0.15, 0.2) is 58.3 Å². The first-order valence-electron chi connectivity index (χ1n) is 7.57. The number of amides is 1. The molecule has 24 heavy (non-hydrogen) atoms. The minimum atomic E-state index is -3.65. The molecule has 7 heteroatoms. The average molecular weight is 362 g/mol. The van der Waals surface area contributed by atoms with Crippen LogP contribution in [0.5, 0.6) is 0 Å². The number of thioether (sulfide) groups is 1. The summed E-state index contributed by atoms with van der Waals surface area (Å²) in [5, 5.41) is 0. The molecule has 1 N–H and O–H groups in total. The predicted molar refractivity (Wildman–Crippen MR) is 97.1 cm³/mol. The first-order valence-corrected chi connectivity index (χ1v) is 10.3. The summed E-state index contributed by atoms with van der Waals surface area (Å²) in [5.41, 5.74) is 1.26. The number of sulfonamides is 1. The SMILES string of the molecule is CSc1ccc(NS(=O)(=O)c2ccc(N3CCCC3=O)cc2)cc1. The van der Waals surface area contributed by atoms with Crippen molar-refractivity contribution in [3.05, 3.63) is 48.5 Å². The minimum absolute atomic E-state index is 0.0811. The fraction of sp³-hybridized carbons (Fsp3) is 0.235. The Morgan fingerprint density at radius 3 is 2.25 bits per heavy atom. The maximum absolute atomic E-state index is 12.5. The van der Waals surface area contributed by atoms with Crippen molar-refractivity contribution in [2.24, 2.45) is 0 Å². The zero-order valence-electron chi connectivity index (χ0n) is 13.2. The molecule has 1 amide bonds. The van der Waals surface area contributed by atoms with Crippen molar-refractivity contribution in [1.82, 2.24) is 0 Å². The van der Waals surface area contributed by atoms with E-state index in [1.54, 1.807) is 40.9 Å². The lowest BCUT2D eigenvalue weighted by Gasteiger charge is -2.16. The van der Waals surface area contributed by atoms with Crippen molar-refractivity contribution in [1.29, 1.82) is 0 Å². The Labute approximate surface area is 146 Å². The third-order valence-corrected chi connectivity index (χ3v) is 6.02. The molecule has 0 atom stereocenters. The van der Waals surface area contributed by atoms with Gasteiger partial charge in [0, 0.05) is 29.2 Å². The summed E-state index contributed by atoms with van der Waals surface area (Å²) in [5.74, 6) is 0.0811. The molecule has 1 heterocycles. The van der Waals surface area contributed by atoms with Crippen molar-refractivity contribution >= 4 is 39.1 Å². The Hall–Kier alpha value is -1.99. The van der Waals surface area contributed by atoms with Crippen molar-refractivity contribution in [3.8, 4) is 0 Å². The molecule has 0 saturated carbocycles. The van der Waals surface area contributed by atoms with E-state index in [1.165, 1.54) is 12.1 Å². The van der Waals surface area contributed by atoms with E-state index in [4.69, 9.17) is 0 Å². The highest BCUT2D eigenvalue weighted by Gasteiger charge is 2.22. The second-order valence-corrected chi connectivity index (χ2v) is 8.04. The van der Waals surface area contributed by atoms with Gasteiger partial charge in [-0.3, -0.25) is 9.52 Å². The monoisotopic (exact) mass is 362 g/mol. The molecule has 0 unspecified atom stereocenters. The number of anilines is 2. The molecule has 1 saturated heterocycles. The smallest absolute Gasteiger partial charge is 0.261 e. The third kappa shape index (κ3) is 3.57. The van der Waals surface area contributed by atoms with E-state index in [1.807, 2.05) is 18.4 Å². The molecule has 3 rings (SSSR count). The van der Waals surface area contributed by atoms with Gasteiger partial charge >= 0.3 is 0 Å². The highest BCUT2D eigenvalue weighted by Crippen LogP contribution is 2.24. The van der Waals surface area contributed by atoms with Crippen LogP contribution in [-0.4, -0.2) is 27.1 Å². The number of nitrogens with zero attached hydrogens (tertiary/aromatic N) is 1. The number of hydrogen-bond acceptors (Lipinski definition) is 4. The Bertz CT molecular complexity index is 831. The molecule has 0 aliphatic carbocycles. The largest absolute Gasteiger partial charge is 0.312 e. The van der Waals surface area contributed by atoms with E-state index in [-0.39, 0.29) is 10.8 Å². The molecule has 0 aromatic heterocycles. The molecule has 1 fully saturated rings. The van der Waals surface area contributed by atoms with Gasteiger partial charge in [-0.2, -0.15) is 0 Å². The Morgan fingerprint density at radius 1 is 1.04 bits per heavy atom. The normalized spacial score (nSPS) is 14.9. The highest BCUT2D eigenvalue weighted by atomic mass is 32.2. The van der Waals surface area contributed by atoms with Crippen LogP contribution in [0, 0.1) is 0 Å². The van der Waals surface area contributed by atoms with Gasteiger partial charge in [-0.05, 0) is 61.2 Å². The second kappa shape index (κ2) is 6.86. The number of carbonyl (C=O) groups excluding carboxylic acids is 1. The molecule has 2 aromatic rings. The molecule has 1 aliphatic heterocycles. The molecule has 0 spiro atoms. The van der Waals surface area contributed by atoms with Gasteiger partial charge < -0.3 is 4.90 Å². The zero-order valence-corrected chi connectivity index (χ0v) is 14.9. The summed E-state index contributed by atoms with van der Waals surface area (Å²) >= 11 is 1.60. The topological polar surface area (TPSA) is 66.5 Å². The lowest BCUT2D eigenvalue weighted by atomic mass is 10.3. The molecular formula is C17H18N2O3S2. The van der Waals surface area contributed by atoms with Crippen LogP contribution in [0.25, 0.3) is 0 Å². The summed E-state index contributed by atoms with van der Waals surface area (Å²) in [6, 6.07) is 13.6. The lowest BCUT2D eigenvalue weighted by Crippen LogP contribution is -2.23. The fourth-order valence-corrected chi connectivity index (χ4v) is 4.07. The van der Waals surface area contributed by atoms with Crippen molar-refractivity contribution < 1.29 is 13.2 Å². The summed E-state index contributed by atoms with van der Waals surface area (Å²) in [7, 11) is -3.65. The van der Waals surface area contributed by atoms with E-state index < -0.39 is 10.0 Å². The first kappa shape index (κ1) is 16.9. The molecule has 0 bridgehead atoms. The van der Waals surface area contributed by atoms with E-state index in [0.717, 1.165) is 17.0 Å². The molecule has 0 radical (unpaired) electrons. The Morgan fingerprint density at radius 2 is 1.71 bits per heavy atom. The van der Waals surface area contributed by atoms with Gasteiger partial charge in [0.15, 0.2) is 0 Å². The summed E-state index contributed by atoms with van der Waals surface area (Å²) in [6.45, 7) is 0.685. The molecule has 126 valence electrons. The van der Waals surface area contributed by atoms with E-state index in [0.29, 0.717) is 18.7 Å². The lowest BCUT2D eigenvalue weighted by molar-refractivity contribution is -0.117. The molecule has 5 nitrogen and oxygen atoms in total. The van der Waals surface area contributed by atoms with Gasteiger partial charge in [-0.1, -0.05) is 0 Å². The Balaban J connectivity index is 1.77. The molecule has 2 aromatic carbocycles. The van der Waals surface area contributed by atoms with E-state index in [2.05, 4.69) is 4.72 Å². The number of nitrogens with one attached hydrogen (secondary N) is 1. The van der Waals surface area contributed by atoms with Crippen LogP contribution in [0.1, 0.15) is 12.8 Å². The summed E-state index contributed by atoms with van der Waals surface area (Å²) < 4.78 is 27.5. The molecule has 1 aliphatic rings. The number of carbonyl (C=O) groups is 1. The van der Waals surface area contributed by atoms with Gasteiger partial charge in [-0.25, -0.2) is 8.42 Å². The van der Waals surface area contributed by atoms with E-state index in [9.17, 15) is 13.2 Å². The quantitative estimate of drug-likeness (QED) is 0.829. The average Bonchev–Trinajstić information content (AvgIpc) is 3.01. The first-order chi connectivity index (χ1) is 11.5. The van der Waals surface area contributed by atoms with Crippen molar-refractivity contribution in [2.75, 3.05) is 22.4 Å². The third-order valence-electron chi connectivity index (χ3n) is 3.87. The van der Waals surface area contributed by atoms with E-state index >= 15 is 0 Å². The number of benzene rings is 2. The van der Waals surface area contributed by atoms with Gasteiger partial charge in [-0.15, -0.1) is 11.8 Å². The predicted octanol–water partition coefficient (Wildman–Crippen LogP) is 3.34. The maximum atomic E-state index is 12.5. The van der Waals surface area contributed by atoms with Gasteiger partial charge in [0.05, 0.1) is 4.90 Å². The van der Waals surface area contributed by atoms with Crippen LogP contribution < -0.4 is 9.62 Å². The number of hydrogen-bond donors (Lipinski definition) is 1.